The zero-order valence-corrected chi connectivity index (χ0v) is 27.0. The van der Waals surface area contributed by atoms with Gasteiger partial charge in [0.2, 0.25) is 0 Å². The Hall–Kier alpha value is -4.75. The van der Waals surface area contributed by atoms with Gasteiger partial charge in [0.05, 0.1) is 20.9 Å². The van der Waals surface area contributed by atoms with Crippen molar-refractivity contribution in [3.05, 3.63) is 127 Å². The third-order valence-corrected chi connectivity index (χ3v) is 8.96. The Morgan fingerprint density at radius 1 is 0.867 bits per heavy atom. The van der Waals surface area contributed by atoms with Crippen LogP contribution in [0, 0.1) is 25.7 Å². The molecule has 4 aromatic heterocycles. The summed E-state index contributed by atoms with van der Waals surface area (Å²) < 4.78 is 32.0. The zero-order chi connectivity index (χ0) is 31.9. The van der Waals surface area contributed by atoms with Gasteiger partial charge in [-0.25, -0.2) is 4.98 Å². The number of hydrogen-bond acceptors (Lipinski definition) is 6. The summed E-state index contributed by atoms with van der Waals surface area (Å²) in [4.78, 5) is 13.2. The van der Waals surface area contributed by atoms with Crippen LogP contribution in [0.3, 0.4) is 0 Å². The molecule has 5 aromatic carbocycles. The smallest absolute Gasteiger partial charge is 0.504 e. The minimum Gasteiger partial charge on any atom is -0.504 e. The number of aryl methyl sites for hydroxylation is 1. The van der Waals surface area contributed by atoms with Gasteiger partial charge in [0.25, 0.3) is 0 Å². The van der Waals surface area contributed by atoms with Gasteiger partial charge in [-0.05, 0) is 49.6 Å². The van der Waals surface area contributed by atoms with Crippen molar-refractivity contribution in [3.63, 3.8) is 0 Å². The molecule has 0 saturated heterocycles. The minimum absolute atomic E-state index is 0. The number of pyridine rings is 1. The molecule has 1 aliphatic heterocycles. The Morgan fingerprint density at radius 3 is 2.56 bits per heavy atom. The number of nitrogens with zero attached hydrogens (tertiary/aromatic N) is 5. The maximum absolute atomic E-state index is 7.65. The summed E-state index contributed by atoms with van der Waals surface area (Å²) in [6.45, 7) is -0.134. The minimum atomic E-state index is -2.21. The van der Waals surface area contributed by atoms with Crippen LogP contribution in [0.5, 0.6) is 0 Å². The maximum Gasteiger partial charge on any atom is 3.00 e. The molecule has 0 bridgehead atoms. The van der Waals surface area contributed by atoms with Crippen LogP contribution in [-0.4, -0.2) is 21.4 Å². The molecule has 0 spiro atoms. The van der Waals surface area contributed by atoms with Gasteiger partial charge in [0, 0.05) is 50.2 Å². The summed E-state index contributed by atoms with van der Waals surface area (Å²) in [5, 5.41) is 5.13. The Bertz CT molecular complexity index is 2650. The molecule has 0 fully saturated rings. The van der Waals surface area contributed by atoms with Gasteiger partial charge in [-0.1, -0.05) is 17.5 Å². The number of thiazole rings is 1. The fourth-order valence-corrected chi connectivity index (χ4v) is 6.89. The first-order valence-electron chi connectivity index (χ1n) is 15.6. The average molecular weight is 782 g/mol. The topological polar surface area (TPSA) is 49.8 Å². The number of rotatable bonds is 1. The van der Waals surface area contributed by atoms with Gasteiger partial charge >= 0.3 is 20.1 Å². The van der Waals surface area contributed by atoms with Crippen LogP contribution in [0.2, 0.25) is 0 Å². The molecule has 0 radical (unpaired) electrons. The first kappa shape index (κ1) is 24.6. The van der Waals surface area contributed by atoms with E-state index in [2.05, 4.69) is 98.5 Å². The van der Waals surface area contributed by atoms with Crippen LogP contribution in [0.4, 0.5) is 17.1 Å². The van der Waals surface area contributed by atoms with Crippen LogP contribution in [0.1, 0.15) is 9.12 Å². The van der Waals surface area contributed by atoms with Crippen molar-refractivity contribution in [1.82, 2.24) is 14.4 Å². The number of imidazole rings is 1. The van der Waals surface area contributed by atoms with Crippen LogP contribution >= 0.6 is 11.3 Å². The number of aromatic nitrogens is 3. The van der Waals surface area contributed by atoms with E-state index in [-0.39, 0.29) is 25.1 Å². The number of hydrogen-bond donors (Lipinski definition) is 0. The molecule has 8 heteroatoms. The fourth-order valence-electron chi connectivity index (χ4n) is 6.17. The number of para-hydroxylation sites is 3. The van der Waals surface area contributed by atoms with E-state index in [0.717, 1.165) is 59.6 Å². The second-order valence-corrected chi connectivity index (χ2v) is 11.7. The molecular formula is C37H24IrN5OS. The third kappa shape index (κ3) is 4.40. The first-order valence-corrected chi connectivity index (χ1v) is 14.9. The van der Waals surface area contributed by atoms with Crippen molar-refractivity contribution in [2.45, 2.75) is 6.85 Å². The Labute approximate surface area is 280 Å². The number of benzene rings is 5. The van der Waals surface area contributed by atoms with E-state index in [1.807, 2.05) is 48.7 Å². The summed E-state index contributed by atoms with van der Waals surface area (Å²) >= 11 is 1.19. The van der Waals surface area contributed by atoms with E-state index in [9.17, 15) is 0 Å². The number of furan rings is 1. The molecule has 9 aromatic rings. The van der Waals surface area contributed by atoms with E-state index in [1.54, 1.807) is 6.20 Å². The largest absolute Gasteiger partial charge is 3.00 e. The second-order valence-electron chi connectivity index (χ2n) is 10.7. The molecule has 10 rings (SSSR count). The van der Waals surface area contributed by atoms with Crippen molar-refractivity contribution >= 4 is 87.9 Å². The first-order chi connectivity index (χ1) is 22.8. The molecule has 0 aliphatic carbocycles. The molecule has 0 saturated carbocycles. The molecule has 0 N–H and O–H groups in total. The Kier molecular flexibility index (Phi) is 5.84. The number of fused-ring (bicyclic) bond motifs is 11. The molecule has 5 heterocycles. The van der Waals surface area contributed by atoms with Gasteiger partial charge in [-0.15, -0.1) is 46.7 Å². The van der Waals surface area contributed by atoms with Crippen molar-refractivity contribution < 1.29 is 28.6 Å². The van der Waals surface area contributed by atoms with Crippen molar-refractivity contribution in [2.24, 2.45) is 0 Å². The SMILES string of the molecule is CN1[CH-]N(c2[c-]cccc2)c2ccccc21.[2H]C([2H])([2H])c1nc2cc3c(cc2s1)oc1cc2c4ccc[c-]c4c4nccn4c2cc13.[Ir+3]. The second kappa shape index (κ2) is 10.7. The third-order valence-electron chi connectivity index (χ3n) is 8.13. The maximum atomic E-state index is 7.65. The quantitative estimate of drug-likeness (QED) is 0.123. The molecule has 0 unspecified atom stereocenters. The van der Waals surface area contributed by atoms with Crippen LogP contribution in [0.15, 0.2) is 108 Å². The predicted octanol–water partition coefficient (Wildman–Crippen LogP) is 9.45. The standard InChI is InChI=1S/C23H12N3OS.C14H12N2.Ir/c1-12-25-18-8-16-17-9-19-15(10-20(17)27-21(16)11-22(18)28-12)13-4-2-3-5-14(13)23-24-6-7-26(19)23;1-15-11-16(12-7-3-2-4-8-12)14-10-6-5-9-13(14)15;/h2-4,6-11H,1H3;2-7,9-11H,1H3;/q-1;-2;+3/i1D3;;. The van der Waals surface area contributed by atoms with Crippen molar-refractivity contribution in [2.75, 3.05) is 16.8 Å². The van der Waals surface area contributed by atoms with E-state index in [0.29, 0.717) is 5.52 Å². The molecular weight excluding hydrogens is 755 g/mol. The van der Waals surface area contributed by atoms with Crippen molar-refractivity contribution in [3.8, 4) is 0 Å². The van der Waals surface area contributed by atoms with Crippen molar-refractivity contribution in [1.29, 1.82) is 0 Å². The summed E-state index contributed by atoms with van der Waals surface area (Å²) in [6, 6.07) is 36.9. The summed E-state index contributed by atoms with van der Waals surface area (Å²) in [5.74, 6) is 0. The fraction of sp³-hybridized carbons (Fsp3) is 0.0541. The van der Waals surface area contributed by atoms with Gasteiger partial charge in [-0.3, -0.25) is 4.98 Å². The van der Waals surface area contributed by atoms with Crippen LogP contribution in [-0.2, 0) is 20.1 Å². The normalized spacial score (nSPS) is 14.0. The predicted molar refractivity (Wildman–Crippen MR) is 181 cm³/mol. The molecule has 6 nitrogen and oxygen atoms in total. The Balaban J connectivity index is 0.000000167. The molecule has 45 heavy (non-hydrogen) atoms. The summed E-state index contributed by atoms with van der Waals surface area (Å²) in [7, 11) is 2.06. The van der Waals surface area contributed by atoms with E-state index >= 15 is 0 Å². The van der Waals surface area contributed by atoms with E-state index in [4.69, 9.17) is 8.53 Å². The molecule has 1 aliphatic rings. The van der Waals surface area contributed by atoms with E-state index in [1.165, 1.54) is 22.7 Å². The van der Waals surface area contributed by atoms with Gasteiger partial charge < -0.3 is 18.6 Å². The Morgan fingerprint density at radius 2 is 1.69 bits per heavy atom. The van der Waals surface area contributed by atoms with Crippen LogP contribution in [0.25, 0.3) is 59.5 Å². The summed E-state index contributed by atoms with van der Waals surface area (Å²) in [5.41, 5.74) is 7.55. The zero-order valence-electron chi connectivity index (χ0n) is 26.8. The van der Waals surface area contributed by atoms with Crippen LogP contribution < -0.4 is 9.80 Å². The summed E-state index contributed by atoms with van der Waals surface area (Å²) in [6.07, 6.45) is 3.75. The average Bonchev–Trinajstić information content (AvgIpc) is 3.88. The molecule has 0 atom stereocenters. The van der Waals surface area contributed by atoms with Gasteiger partial charge in [0.15, 0.2) is 0 Å². The number of anilines is 3. The van der Waals surface area contributed by atoms with E-state index < -0.39 is 6.85 Å². The monoisotopic (exact) mass is 782 g/mol. The van der Waals surface area contributed by atoms with Gasteiger partial charge in [0.1, 0.15) is 11.2 Å². The molecule has 0 amide bonds. The van der Waals surface area contributed by atoms with Gasteiger partial charge in [-0.2, -0.15) is 37.0 Å². The molecule has 218 valence electrons.